The van der Waals surface area contributed by atoms with E-state index in [1.54, 1.807) is 19.1 Å². The molecule has 0 aliphatic heterocycles. The van der Waals surface area contributed by atoms with Crippen LogP contribution in [0.3, 0.4) is 0 Å². The third kappa shape index (κ3) is 4.72. The van der Waals surface area contributed by atoms with Crippen molar-refractivity contribution in [3.05, 3.63) is 64.2 Å². The largest absolute Gasteiger partial charge is 0.462 e. The van der Waals surface area contributed by atoms with Gasteiger partial charge in [-0.1, -0.05) is 35.9 Å². The van der Waals surface area contributed by atoms with Crippen molar-refractivity contribution in [2.45, 2.75) is 19.6 Å². The highest BCUT2D eigenvalue weighted by atomic mass is 35.5. The Morgan fingerprint density at radius 2 is 1.92 bits per heavy atom. The van der Waals surface area contributed by atoms with E-state index in [0.29, 0.717) is 5.69 Å². The Kier molecular flexibility index (Phi) is 5.85. The van der Waals surface area contributed by atoms with Crippen LogP contribution in [0, 0.1) is 6.92 Å². The maximum absolute atomic E-state index is 12.3. The van der Waals surface area contributed by atoms with Crippen molar-refractivity contribution >= 4 is 33.3 Å². The molecule has 0 unspecified atom stereocenters. The van der Waals surface area contributed by atoms with Crippen molar-refractivity contribution in [1.82, 2.24) is 0 Å². The van der Waals surface area contributed by atoms with Crippen LogP contribution in [-0.4, -0.2) is 21.0 Å². The van der Waals surface area contributed by atoms with Gasteiger partial charge in [-0.15, -0.1) is 0 Å². The highest BCUT2D eigenvalue weighted by Gasteiger charge is 2.16. The summed E-state index contributed by atoms with van der Waals surface area (Å²) >= 11 is 6.04. The summed E-state index contributed by atoms with van der Waals surface area (Å²) in [7, 11) is -3.60. The van der Waals surface area contributed by atoms with Crippen LogP contribution in [0.4, 0.5) is 5.69 Å². The summed E-state index contributed by atoms with van der Waals surface area (Å²) in [5, 5.41) is 0.129. The van der Waals surface area contributed by atoms with E-state index in [1.165, 1.54) is 18.2 Å². The lowest BCUT2D eigenvalue weighted by Crippen LogP contribution is -2.16. The molecule has 7 heteroatoms. The Morgan fingerprint density at radius 1 is 1.21 bits per heavy atom. The van der Waals surface area contributed by atoms with E-state index in [2.05, 4.69) is 4.72 Å². The molecular formula is C17H18ClNO4S. The lowest BCUT2D eigenvalue weighted by atomic mass is 10.1. The first kappa shape index (κ1) is 18.3. The van der Waals surface area contributed by atoms with Crippen LogP contribution in [0.15, 0.2) is 42.5 Å². The van der Waals surface area contributed by atoms with E-state index in [9.17, 15) is 13.2 Å². The van der Waals surface area contributed by atoms with E-state index in [4.69, 9.17) is 16.3 Å². The van der Waals surface area contributed by atoms with Gasteiger partial charge in [0.15, 0.2) is 0 Å². The molecule has 0 amide bonds. The number of esters is 1. The van der Waals surface area contributed by atoms with Crippen LogP contribution in [0.2, 0.25) is 5.02 Å². The quantitative estimate of drug-likeness (QED) is 0.789. The van der Waals surface area contributed by atoms with Crippen LogP contribution in [0.1, 0.15) is 28.4 Å². The highest BCUT2D eigenvalue weighted by Crippen LogP contribution is 2.23. The topological polar surface area (TPSA) is 72.5 Å². The fourth-order valence-corrected chi connectivity index (χ4v) is 3.69. The molecule has 0 heterocycles. The molecule has 2 aromatic rings. The van der Waals surface area contributed by atoms with Crippen LogP contribution in [0.25, 0.3) is 0 Å². The average Bonchev–Trinajstić information content (AvgIpc) is 2.49. The molecule has 2 aromatic carbocycles. The number of nitrogens with one attached hydrogen (secondary N) is 1. The molecular weight excluding hydrogens is 350 g/mol. The lowest BCUT2D eigenvalue weighted by Gasteiger charge is -2.11. The first-order valence-electron chi connectivity index (χ1n) is 7.34. The van der Waals surface area contributed by atoms with Gasteiger partial charge in [0, 0.05) is 0 Å². The first-order valence-corrected chi connectivity index (χ1v) is 9.37. The molecule has 0 saturated heterocycles. The Balaban J connectivity index is 2.17. The second-order valence-electron chi connectivity index (χ2n) is 5.20. The summed E-state index contributed by atoms with van der Waals surface area (Å²) in [4.78, 5) is 11.7. The Labute approximate surface area is 146 Å². The predicted octanol–water partition coefficient (Wildman–Crippen LogP) is 3.77. The van der Waals surface area contributed by atoms with Crippen molar-refractivity contribution in [3.8, 4) is 0 Å². The maximum atomic E-state index is 12.3. The van der Waals surface area contributed by atoms with Crippen LogP contribution in [-0.2, 0) is 20.5 Å². The third-order valence-electron chi connectivity index (χ3n) is 3.34. The molecule has 1 N–H and O–H groups in total. The van der Waals surface area contributed by atoms with Crippen molar-refractivity contribution < 1.29 is 17.9 Å². The molecule has 0 spiro atoms. The molecule has 0 aliphatic carbocycles. The molecule has 0 fully saturated rings. The minimum atomic E-state index is -3.60. The minimum absolute atomic E-state index is 0.129. The SMILES string of the molecule is CCOC(=O)c1ccc(NS(=O)(=O)Cc2ccccc2C)cc1Cl. The number of carbonyl (C=O) groups excluding carboxylic acids is 1. The van der Waals surface area contributed by atoms with E-state index >= 15 is 0 Å². The summed E-state index contributed by atoms with van der Waals surface area (Å²) in [6.07, 6.45) is 0. The smallest absolute Gasteiger partial charge is 0.339 e. The van der Waals surface area contributed by atoms with Crippen molar-refractivity contribution in [2.75, 3.05) is 11.3 Å². The number of rotatable bonds is 6. The Bertz CT molecular complexity index is 849. The molecule has 0 aromatic heterocycles. The zero-order valence-corrected chi connectivity index (χ0v) is 14.9. The molecule has 5 nitrogen and oxygen atoms in total. The second-order valence-corrected chi connectivity index (χ2v) is 7.33. The summed E-state index contributed by atoms with van der Waals surface area (Å²) < 4.78 is 32.0. The molecule has 0 aliphatic rings. The molecule has 0 bridgehead atoms. The van der Waals surface area contributed by atoms with Crippen molar-refractivity contribution in [3.63, 3.8) is 0 Å². The van der Waals surface area contributed by atoms with Gasteiger partial charge in [-0.05, 0) is 43.2 Å². The Hall–Kier alpha value is -2.05. The first-order chi connectivity index (χ1) is 11.3. The molecule has 0 atom stereocenters. The highest BCUT2D eigenvalue weighted by molar-refractivity contribution is 7.91. The number of hydrogen-bond acceptors (Lipinski definition) is 4. The summed E-state index contributed by atoms with van der Waals surface area (Å²) in [5.74, 6) is -0.687. The van der Waals surface area contributed by atoms with Gasteiger partial charge >= 0.3 is 5.97 Å². The van der Waals surface area contributed by atoms with E-state index in [0.717, 1.165) is 11.1 Å². The zero-order chi connectivity index (χ0) is 17.7. The number of ether oxygens (including phenoxy) is 1. The van der Waals surface area contributed by atoms with Gasteiger partial charge < -0.3 is 4.74 Å². The summed E-state index contributed by atoms with van der Waals surface area (Å²) in [6, 6.07) is 11.6. The van der Waals surface area contributed by atoms with Gasteiger partial charge in [0.2, 0.25) is 10.0 Å². The average molecular weight is 368 g/mol. The predicted molar refractivity (Wildman–Crippen MR) is 94.8 cm³/mol. The molecule has 0 radical (unpaired) electrons. The fraction of sp³-hybridized carbons (Fsp3) is 0.235. The van der Waals surface area contributed by atoms with Crippen molar-refractivity contribution in [2.24, 2.45) is 0 Å². The molecule has 128 valence electrons. The van der Waals surface area contributed by atoms with E-state index in [1.807, 2.05) is 19.1 Å². The number of halogens is 1. The van der Waals surface area contributed by atoms with Gasteiger partial charge in [0.25, 0.3) is 0 Å². The third-order valence-corrected chi connectivity index (χ3v) is 4.90. The number of sulfonamides is 1. The van der Waals surface area contributed by atoms with Crippen LogP contribution < -0.4 is 4.72 Å². The number of anilines is 1. The van der Waals surface area contributed by atoms with E-state index in [-0.39, 0.29) is 22.9 Å². The Morgan fingerprint density at radius 3 is 2.54 bits per heavy atom. The van der Waals surface area contributed by atoms with Gasteiger partial charge in [0.1, 0.15) is 0 Å². The van der Waals surface area contributed by atoms with E-state index < -0.39 is 16.0 Å². The molecule has 0 saturated carbocycles. The standard InChI is InChI=1S/C17H18ClNO4S/c1-3-23-17(20)15-9-8-14(10-16(15)18)19-24(21,22)11-13-7-5-4-6-12(13)2/h4-10,19H,3,11H2,1-2H3. The zero-order valence-electron chi connectivity index (χ0n) is 13.4. The van der Waals surface area contributed by atoms with Crippen LogP contribution >= 0.6 is 11.6 Å². The monoisotopic (exact) mass is 367 g/mol. The maximum Gasteiger partial charge on any atom is 0.339 e. The summed E-state index contributed by atoms with van der Waals surface area (Å²) in [5.41, 5.74) is 2.11. The van der Waals surface area contributed by atoms with Crippen LogP contribution in [0.5, 0.6) is 0 Å². The second kappa shape index (κ2) is 7.68. The molecule has 2 rings (SSSR count). The minimum Gasteiger partial charge on any atom is -0.462 e. The number of hydrogen-bond donors (Lipinski definition) is 1. The van der Waals surface area contributed by atoms with Gasteiger partial charge in [-0.3, -0.25) is 4.72 Å². The molecule has 24 heavy (non-hydrogen) atoms. The normalized spacial score (nSPS) is 11.1. The number of benzene rings is 2. The van der Waals surface area contributed by atoms with Gasteiger partial charge in [-0.2, -0.15) is 0 Å². The number of aryl methyl sites for hydroxylation is 1. The van der Waals surface area contributed by atoms with Gasteiger partial charge in [0.05, 0.1) is 28.6 Å². The van der Waals surface area contributed by atoms with Crippen molar-refractivity contribution in [1.29, 1.82) is 0 Å². The fourth-order valence-electron chi connectivity index (χ4n) is 2.15. The lowest BCUT2D eigenvalue weighted by molar-refractivity contribution is 0.0526. The van der Waals surface area contributed by atoms with Gasteiger partial charge in [-0.25, -0.2) is 13.2 Å². The number of carbonyl (C=O) groups is 1. The summed E-state index contributed by atoms with van der Waals surface area (Å²) in [6.45, 7) is 3.79.